The predicted octanol–water partition coefficient (Wildman–Crippen LogP) is -0.764. The molecule has 0 aliphatic rings. The molecular weight excluding hydrogens is 446 g/mol. The highest BCUT2D eigenvalue weighted by Crippen LogP contribution is 2.12. The van der Waals surface area contributed by atoms with Gasteiger partial charge in [-0.05, 0) is 30.7 Å². The number of aromatic nitrogens is 8. The van der Waals surface area contributed by atoms with Crippen molar-refractivity contribution in [2.75, 3.05) is 11.1 Å². The Morgan fingerprint density at radius 3 is 2.68 bits per heavy atom. The lowest BCUT2D eigenvalue weighted by atomic mass is 10.1. The number of aryl methyl sites for hydroxylation is 1. The Balaban J connectivity index is 1.35. The minimum Gasteiger partial charge on any atom is -0.480 e. The van der Waals surface area contributed by atoms with Gasteiger partial charge >= 0.3 is 5.97 Å². The summed E-state index contributed by atoms with van der Waals surface area (Å²) in [6.45, 7) is 0.259. The number of carboxylic acid groups (broad SMARTS) is 1. The molecule has 1 atom stereocenters. The quantitative estimate of drug-likeness (QED) is 0.179. The number of benzene rings is 1. The van der Waals surface area contributed by atoms with Crippen LogP contribution in [0, 0.1) is 0 Å². The summed E-state index contributed by atoms with van der Waals surface area (Å²) in [5, 5.41) is 28.2. The fourth-order valence-electron chi connectivity index (χ4n) is 3.05. The molecule has 0 saturated heterocycles. The van der Waals surface area contributed by atoms with Crippen molar-refractivity contribution >= 4 is 34.7 Å². The molecule has 0 bridgehead atoms. The van der Waals surface area contributed by atoms with Crippen LogP contribution in [0.2, 0.25) is 0 Å². The average Bonchev–Trinajstić information content (AvgIpc) is 3.34. The van der Waals surface area contributed by atoms with Gasteiger partial charge < -0.3 is 21.5 Å². The Morgan fingerprint density at radius 2 is 1.97 bits per heavy atom. The number of fused-ring (bicyclic) bond motifs is 1. The molecule has 3 heterocycles. The molecule has 3 aromatic heterocycles. The van der Waals surface area contributed by atoms with Crippen LogP contribution < -0.4 is 21.9 Å². The van der Waals surface area contributed by atoms with Gasteiger partial charge in [-0.1, -0.05) is 5.21 Å². The molecule has 174 valence electrons. The molecule has 15 nitrogen and oxygen atoms in total. The molecule has 0 saturated carbocycles. The second-order valence-electron chi connectivity index (χ2n) is 7.15. The molecule has 1 aromatic carbocycles. The number of nitrogens with one attached hydrogen (secondary N) is 4. The van der Waals surface area contributed by atoms with Gasteiger partial charge in [-0.15, -0.1) is 10.2 Å². The maximum atomic E-state index is 12.5. The molecule has 4 rings (SSSR count). The molecule has 34 heavy (non-hydrogen) atoms. The minimum atomic E-state index is -1.16. The number of rotatable bonds is 9. The number of carbonyl (C=O) groups excluding carboxylic acids is 1. The third kappa shape index (κ3) is 5.26. The maximum Gasteiger partial charge on any atom is 0.326 e. The van der Waals surface area contributed by atoms with Crippen molar-refractivity contribution in [3.05, 3.63) is 57.9 Å². The fourth-order valence-corrected chi connectivity index (χ4v) is 3.05. The van der Waals surface area contributed by atoms with E-state index in [1.807, 2.05) is 0 Å². The minimum absolute atomic E-state index is 0.0385. The lowest BCUT2D eigenvalue weighted by molar-refractivity contribution is -0.139. The summed E-state index contributed by atoms with van der Waals surface area (Å²) >= 11 is 0. The number of amides is 1. The van der Waals surface area contributed by atoms with Gasteiger partial charge in [0.25, 0.3) is 11.5 Å². The highest BCUT2D eigenvalue weighted by Gasteiger charge is 2.21. The van der Waals surface area contributed by atoms with Gasteiger partial charge in [-0.3, -0.25) is 14.6 Å². The van der Waals surface area contributed by atoms with E-state index >= 15 is 0 Å². The molecule has 7 N–H and O–H groups in total. The van der Waals surface area contributed by atoms with Gasteiger partial charge in [0.15, 0.2) is 17.0 Å². The number of H-pyrrole nitrogens is 2. The van der Waals surface area contributed by atoms with Crippen LogP contribution in [0.25, 0.3) is 11.2 Å². The van der Waals surface area contributed by atoms with Crippen molar-refractivity contribution in [1.82, 2.24) is 45.9 Å². The zero-order chi connectivity index (χ0) is 24.1. The summed E-state index contributed by atoms with van der Waals surface area (Å²) in [6.07, 6.45) is 1.82. The summed E-state index contributed by atoms with van der Waals surface area (Å²) < 4.78 is 0. The second-order valence-corrected chi connectivity index (χ2v) is 7.15. The molecule has 0 aliphatic heterocycles. The highest BCUT2D eigenvalue weighted by molar-refractivity contribution is 5.96. The average molecular weight is 465 g/mol. The van der Waals surface area contributed by atoms with Crippen LogP contribution in [0.5, 0.6) is 0 Å². The third-order valence-corrected chi connectivity index (χ3v) is 4.76. The molecule has 0 radical (unpaired) electrons. The number of nitrogens with two attached hydrogens (primary N) is 1. The van der Waals surface area contributed by atoms with Gasteiger partial charge in [0.2, 0.25) is 5.95 Å². The largest absolute Gasteiger partial charge is 0.480 e. The van der Waals surface area contributed by atoms with Crippen LogP contribution in [0.3, 0.4) is 0 Å². The Hall–Kier alpha value is -4.95. The van der Waals surface area contributed by atoms with E-state index < -0.39 is 23.5 Å². The number of aromatic amines is 2. The van der Waals surface area contributed by atoms with Crippen molar-refractivity contribution in [1.29, 1.82) is 0 Å². The number of carbonyl (C=O) groups is 2. The van der Waals surface area contributed by atoms with E-state index in [-0.39, 0.29) is 42.1 Å². The number of tetrazole rings is 1. The lowest BCUT2D eigenvalue weighted by Crippen LogP contribution is -2.41. The van der Waals surface area contributed by atoms with E-state index in [0.29, 0.717) is 17.2 Å². The number of nitrogens with zero attached hydrogens (tertiary/aromatic N) is 6. The Bertz CT molecular complexity index is 1370. The Kier molecular flexibility index (Phi) is 6.33. The van der Waals surface area contributed by atoms with Gasteiger partial charge in [0.05, 0.1) is 18.4 Å². The molecular formula is C19H19N11O4. The first kappa shape index (κ1) is 22.3. The van der Waals surface area contributed by atoms with Gasteiger partial charge in [-0.25, -0.2) is 14.8 Å². The molecule has 4 aromatic rings. The van der Waals surface area contributed by atoms with Crippen LogP contribution in [-0.4, -0.2) is 63.6 Å². The van der Waals surface area contributed by atoms with Crippen molar-refractivity contribution in [2.24, 2.45) is 0 Å². The summed E-state index contributed by atoms with van der Waals surface area (Å²) in [4.78, 5) is 50.6. The Morgan fingerprint density at radius 1 is 1.18 bits per heavy atom. The predicted molar refractivity (Wildman–Crippen MR) is 118 cm³/mol. The van der Waals surface area contributed by atoms with Gasteiger partial charge in [0.1, 0.15) is 6.04 Å². The second kappa shape index (κ2) is 9.68. The van der Waals surface area contributed by atoms with Crippen molar-refractivity contribution in [3.8, 4) is 0 Å². The van der Waals surface area contributed by atoms with E-state index in [9.17, 15) is 19.5 Å². The van der Waals surface area contributed by atoms with E-state index in [1.165, 1.54) is 6.20 Å². The van der Waals surface area contributed by atoms with E-state index in [1.54, 1.807) is 24.3 Å². The van der Waals surface area contributed by atoms with Crippen molar-refractivity contribution in [3.63, 3.8) is 0 Å². The summed E-state index contributed by atoms with van der Waals surface area (Å²) in [6, 6.07) is 5.32. The van der Waals surface area contributed by atoms with Gasteiger partial charge in [0, 0.05) is 17.7 Å². The molecule has 1 amide bonds. The number of carboxylic acids is 1. The monoisotopic (exact) mass is 465 g/mol. The van der Waals surface area contributed by atoms with Crippen LogP contribution in [0.4, 0.5) is 11.6 Å². The first-order chi connectivity index (χ1) is 16.4. The first-order valence-electron chi connectivity index (χ1n) is 10.0. The Labute approximate surface area is 190 Å². The molecule has 15 heteroatoms. The number of aliphatic carboxylic acids is 1. The van der Waals surface area contributed by atoms with E-state index in [2.05, 4.69) is 51.2 Å². The van der Waals surface area contributed by atoms with Crippen LogP contribution in [-0.2, 0) is 17.8 Å². The van der Waals surface area contributed by atoms with E-state index in [4.69, 9.17) is 5.73 Å². The van der Waals surface area contributed by atoms with Crippen molar-refractivity contribution < 1.29 is 14.7 Å². The SMILES string of the molecule is Nc1nc2ncc(CNc3ccc(C(=O)N[C@@H](CCc4nn[nH]n4)C(=O)O)cc3)nc2c(=O)[nH]1. The number of hydrogen-bond acceptors (Lipinski definition) is 11. The zero-order valence-corrected chi connectivity index (χ0v) is 17.5. The van der Waals surface area contributed by atoms with E-state index in [0.717, 1.165) is 0 Å². The topological polar surface area (TPSA) is 230 Å². The number of anilines is 2. The number of hydrogen-bond donors (Lipinski definition) is 6. The smallest absolute Gasteiger partial charge is 0.326 e. The lowest BCUT2D eigenvalue weighted by Gasteiger charge is -2.14. The molecule has 0 unspecified atom stereocenters. The van der Waals surface area contributed by atoms with Crippen LogP contribution >= 0.6 is 0 Å². The third-order valence-electron chi connectivity index (χ3n) is 4.76. The molecule has 0 spiro atoms. The summed E-state index contributed by atoms with van der Waals surface area (Å²) in [7, 11) is 0. The normalized spacial score (nSPS) is 11.8. The first-order valence-corrected chi connectivity index (χ1v) is 10.0. The molecule has 0 aliphatic carbocycles. The zero-order valence-electron chi connectivity index (χ0n) is 17.5. The number of nitrogen functional groups attached to an aromatic ring is 1. The van der Waals surface area contributed by atoms with Crippen LogP contribution in [0.15, 0.2) is 35.3 Å². The molecule has 0 fully saturated rings. The van der Waals surface area contributed by atoms with Gasteiger partial charge in [-0.2, -0.15) is 10.2 Å². The standard InChI is InChI=1S/C19H19N11O4/c20-19-25-15-14(17(32)26-19)23-11(8-22-15)7-21-10-3-1-9(2-4-10)16(31)24-12(18(33)34)5-6-13-27-29-30-28-13/h1-4,8,12,21H,5-7H2,(H,24,31)(H,33,34)(H,27,28,29,30)(H3,20,22,25,26,32)/t12-/m0/s1. The fraction of sp³-hybridized carbons (Fsp3) is 0.211. The maximum absolute atomic E-state index is 12.5. The summed E-state index contributed by atoms with van der Waals surface area (Å²) in [5.41, 5.74) is 6.70. The summed E-state index contributed by atoms with van der Waals surface area (Å²) in [5.74, 6) is -1.37. The highest BCUT2D eigenvalue weighted by atomic mass is 16.4. The van der Waals surface area contributed by atoms with Crippen LogP contribution in [0.1, 0.15) is 28.3 Å². The van der Waals surface area contributed by atoms with Crippen molar-refractivity contribution in [2.45, 2.75) is 25.4 Å².